The monoisotopic (exact) mass is 350 g/mol. The molecule has 0 fully saturated rings. The van der Waals surface area contributed by atoms with E-state index in [0.29, 0.717) is 41.1 Å². The average molecular weight is 351 g/mol. The van der Waals surface area contributed by atoms with Crippen molar-refractivity contribution >= 4 is 28.1 Å². The maximum absolute atomic E-state index is 12.5. The number of nitrogens with one attached hydrogen (secondary N) is 1. The normalized spacial score (nSPS) is 14.0. The van der Waals surface area contributed by atoms with Gasteiger partial charge >= 0.3 is 6.18 Å². The number of ether oxygens (including phenoxy) is 2. The van der Waals surface area contributed by atoms with E-state index in [2.05, 4.69) is 10.3 Å². The molecule has 3 rings (SSSR count). The van der Waals surface area contributed by atoms with Crippen molar-refractivity contribution in [1.82, 2.24) is 4.98 Å². The van der Waals surface area contributed by atoms with Crippen molar-refractivity contribution in [2.45, 2.75) is 12.7 Å². The van der Waals surface area contributed by atoms with Crippen molar-refractivity contribution in [3.63, 3.8) is 0 Å². The second-order valence-corrected chi connectivity index (χ2v) is 5.92. The Morgan fingerprint density at radius 3 is 2.77 bits per heavy atom. The molecule has 4 nitrogen and oxygen atoms in total. The number of alkyl halides is 3. The Kier molecular flexibility index (Phi) is 4.05. The molecule has 1 aliphatic heterocycles. The molecule has 0 atom stereocenters. The molecule has 0 radical (unpaired) electrons. The Bertz CT molecular complexity index is 690. The fourth-order valence-corrected chi connectivity index (χ4v) is 2.90. The van der Waals surface area contributed by atoms with Crippen LogP contribution in [0.2, 0.25) is 5.02 Å². The Morgan fingerprint density at radius 1 is 1.27 bits per heavy atom. The van der Waals surface area contributed by atoms with Crippen LogP contribution in [-0.2, 0) is 12.7 Å². The molecular formula is C13H10ClF3N2O2S. The predicted molar refractivity (Wildman–Crippen MR) is 76.9 cm³/mol. The van der Waals surface area contributed by atoms with Gasteiger partial charge < -0.3 is 14.8 Å². The molecule has 1 aliphatic rings. The van der Waals surface area contributed by atoms with E-state index in [1.54, 1.807) is 12.1 Å². The van der Waals surface area contributed by atoms with E-state index in [1.807, 2.05) is 0 Å². The summed E-state index contributed by atoms with van der Waals surface area (Å²) >= 11 is 6.65. The number of nitrogens with zero attached hydrogens (tertiary/aromatic N) is 1. The van der Waals surface area contributed by atoms with Crippen LogP contribution < -0.4 is 14.8 Å². The van der Waals surface area contributed by atoms with Crippen LogP contribution in [0.15, 0.2) is 18.3 Å². The summed E-state index contributed by atoms with van der Waals surface area (Å²) in [6.45, 7) is 1.15. The maximum Gasteiger partial charge on any atom is 0.427 e. The summed E-state index contributed by atoms with van der Waals surface area (Å²) in [4.78, 5) is 2.97. The third-order valence-corrected chi connectivity index (χ3v) is 4.17. The summed E-state index contributed by atoms with van der Waals surface area (Å²) < 4.78 is 48.3. The zero-order valence-electron chi connectivity index (χ0n) is 11.0. The molecule has 2 aromatic rings. The second-order valence-electron chi connectivity index (χ2n) is 4.48. The fraction of sp³-hybridized carbons (Fsp3) is 0.308. The van der Waals surface area contributed by atoms with Gasteiger partial charge in [0.2, 0.25) is 0 Å². The van der Waals surface area contributed by atoms with E-state index in [0.717, 1.165) is 11.8 Å². The summed E-state index contributed by atoms with van der Waals surface area (Å²) in [6.07, 6.45) is -3.57. The molecule has 0 unspecified atom stereocenters. The third-order valence-electron chi connectivity index (χ3n) is 2.89. The number of halogens is 4. The number of benzene rings is 1. The molecule has 0 saturated carbocycles. The van der Waals surface area contributed by atoms with Gasteiger partial charge in [-0.2, -0.15) is 13.2 Å². The molecule has 1 aromatic heterocycles. The first kappa shape index (κ1) is 15.2. The van der Waals surface area contributed by atoms with E-state index in [4.69, 9.17) is 21.1 Å². The summed E-state index contributed by atoms with van der Waals surface area (Å²) in [5, 5.41) is 3.44. The maximum atomic E-state index is 12.5. The number of fused-ring (bicyclic) bond motifs is 1. The van der Waals surface area contributed by atoms with Gasteiger partial charge in [0.05, 0.1) is 11.2 Å². The van der Waals surface area contributed by atoms with Crippen molar-refractivity contribution in [3.8, 4) is 11.5 Å². The average Bonchev–Trinajstić information content (AvgIpc) is 2.94. The van der Waals surface area contributed by atoms with E-state index >= 15 is 0 Å². The van der Waals surface area contributed by atoms with Crippen LogP contribution in [0, 0.1) is 0 Å². The van der Waals surface area contributed by atoms with Crippen LogP contribution in [0.25, 0.3) is 0 Å². The zero-order valence-corrected chi connectivity index (χ0v) is 12.6. The Hall–Kier alpha value is -1.67. The lowest BCUT2D eigenvalue weighted by Crippen LogP contribution is -2.16. The molecule has 118 valence electrons. The van der Waals surface area contributed by atoms with Crippen LogP contribution in [0.4, 0.5) is 18.3 Å². The predicted octanol–water partition coefficient (Wildman–Crippen LogP) is 4.20. The largest absolute Gasteiger partial charge is 0.486 e. The standard InChI is InChI=1S/C13H10ClF3N2O2S/c14-8-3-7(4-9-11(8)21-2-1-20-9)5-18-12-19-6-10(22-12)13(15,16)17/h3-4,6H,1-2,5H2,(H,18,19). The molecule has 0 bridgehead atoms. The van der Waals surface area contributed by atoms with Crippen LogP contribution in [0.1, 0.15) is 10.4 Å². The molecule has 22 heavy (non-hydrogen) atoms. The molecule has 1 N–H and O–H groups in total. The number of hydrogen-bond acceptors (Lipinski definition) is 5. The quantitative estimate of drug-likeness (QED) is 0.901. The van der Waals surface area contributed by atoms with Gasteiger partial charge in [-0.1, -0.05) is 22.9 Å². The molecular weight excluding hydrogens is 341 g/mol. The van der Waals surface area contributed by atoms with Crippen molar-refractivity contribution in [2.24, 2.45) is 0 Å². The van der Waals surface area contributed by atoms with Crippen molar-refractivity contribution in [2.75, 3.05) is 18.5 Å². The van der Waals surface area contributed by atoms with Crippen LogP contribution in [0.5, 0.6) is 11.5 Å². The molecule has 1 aromatic carbocycles. The lowest BCUT2D eigenvalue weighted by molar-refractivity contribution is -0.134. The number of anilines is 1. The Morgan fingerprint density at radius 2 is 2.05 bits per heavy atom. The van der Waals surface area contributed by atoms with Gasteiger partial charge in [-0.3, -0.25) is 0 Å². The lowest BCUT2D eigenvalue weighted by atomic mass is 10.2. The first-order valence-corrected chi connectivity index (χ1v) is 7.48. The van der Waals surface area contributed by atoms with Crippen molar-refractivity contribution < 1.29 is 22.6 Å². The Labute approximate surface area is 132 Å². The van der Waals surface area contributed by atoms with Gasteiger partial charge in [-0.25, -0.2) is 4.98 Å². The van der Waals surface area contributed by atoms with Gasteiger partial charge in [-0.05, 0) is 17.7 Å². The summed E-state index contributed by atoms with van der Waals surface area (Å²) in [5.41, 5.74) is 0.762. The number of thiazole rings is 1. The van der Waals surface area contributed by atoms with Gasteiger partial charge in [0.1, 0.15) is 18.1 Å². The summed E-state index contributed by atoms with van der Waals surface area (Å²) in [6, 6.07) is 3.42. The highest BCUT2D eigenvalue weighted by molar-refractivity contribution is 7.15. The molecule has 0 aliphatic carbocycles. The molecule has 2 heterocycles. The first-order chi connectivity index (χ1) is 10.4. The van der Waals surface area contributed by atoms with Gasteiger partial charge in [0.15, 0.2) is 16.6 Å². The van der Waals surface area contributed by atoms with Gasteiger partial charge in [0.25, 0.3) is 0 Å². The van der Waals surface area contributed by atoms with Crippen molar-refractivity contribution in [1.29, 1.82) is 0 Å². The fourth-order valence-electron chi connectivity index (χ4n) is 1.93. The van der Waals surface area contributed by atoms with E-state index in [-0.39, 0.29) is 11.7 Å². The van der Waals surface area contributed by atoms with Crippen LogP contribution >= 0.6 is 22.9 Å². The number of hydrogen-bond donors (Lipinski definition) is 1. The molecule has 0 saturated heterocycles. The number of aromatic nitrogens is 1. The first-order valence-electron chi connectivity index (χ1n) is 6.28. The Balaban J connectivity index is 1.71. The van der Waals surface area contributed by atoms with Crippen LogP contribution in [-0.4, -0.2) is 18.2 Å². The summed E-state index contributed by atoms with van der Waals surface area (Å²) in [7, 11) is 0. The third kappa shape index (κ3) is 3.22. The van der Waals surface area contributed by atoms with Crippen LogP contribution in [0.3, 0.4) is 0 Å². The SMILES string of the molecule is FC(F)(F)c1cnc(NCc2cc(Cl)c3c(c2)OCCO3)s1. The lowest BCUT2D eigenvalue weighted by Gasteiger charge is -2.20. The molecule has 9 heteroatoms. The second kappa shape index (κ2) is 5.85. The molecule has 0 amide bonds. The highest BCUT2D eigenvalue weighted by Gasteiger charge is 2.33. The zero-order chi connectivity index (χ0) is 15.7. The van der Waals surface area contributed by atoms with E-state index < -0.39 is 11.1 Å². The molecule has 0 spiro atoms. The minimum atomic E-state index is -4.38. The van der Waals surface area contributed by atoms with Crippen molar-refractivity contribution in [3.05, 3.63) is 33.8 Å². The smallest absolute Gasteiger partial charge is 0.427 e. The van der Waals surface area contributed by atoms with E-state index in [9.17, 15) is 13.2 Å². The number of rotatable bonds is 3. The highest BCUT2D eigenvalue weighted by atomic mass is 35.5. The van der Waals surface area contributed by atoms with Gasteiger partial charge in [-0.15, -0.1) is 0 Å². The van der Waals surface area contributed by atoms with E-state index in [1.165, 1.54) is 0 Å². The topological polar surface area (TPSA) is 43.4 Å². The summed E-state index contributed by atoms with van der Waals surface area (Å²) in [5.74, 6) is 1.02. The minimum absolute atomic E-state index is 0.193. The van der Waals surface area contributed by atoms with Gasteiger partial charge in [0, 0.05) is 6.54 Å². The minimum Gasteiger partial charge on any atom is -0.486 e. The highest BCUT2D eigenvalue weighted by Crippen LogP contribution is 2.39.